The van der Waals surface area contributed by atoms with Gasteiger partial charge in [-0.2, -0.15) is 13.2 Å². The number of rotatable bonds is 7. The van der Waals surface area contributed by atoms with Crippen molar-refractivity contribution in [2.75, 3.05) is 0 Å². The van der Waals surface area contributed by atoms with Crippen LogP contribution in [-0.2, 0) is 15.8 Å². The highest BCUT2D eigenvalue weighted by Gasteiger charge is 2.31. The molecule has 24 heavy (non-hydrogen) atoms. The summed E-state index contributed by atoms with van der Waals surface area (Å²) in [5.41, 5.74) is -0.399. The van der Waals surface area contributed by atoms with Crippen LogP contribution in [0.15, 0.2) is 36.4 Å². The maximum Gasteiger partial charge on any atom is 0.416 e. The third-order valence-electron chi connectivity index (χ3n) is 3.52. The van der Waals surface area contributed by atoms with Gasteiger partial charge in [0.25, 0.3) is 0 Å². The van der Waals surface area contributed by atoms with Gasteiger partial charge in [0.2, 0.25) is 5.91 Å². The number of halogens is 3. The lowest BCUT2D eigenvalue weighted by Gasteiger charge is -2.17. The third kappa shape index (κ3) is 6.06. The van der Waals surface area contributed by atoms with Crippen LogP contribution in [0, 0.1) is 0 Å². The molecule has 0 heterocycles. The monoisotopic (exact) mass is 343 g/mol. The molecule has 0 aliphatic heterocycles. The van der Waals surface area contributed by atoms with Crippen LogP contribution in [0.3, 0.4) is 0 Å². The Balaban J connectivity index is 2.74. The number of carbonyl (C=O) groups is 2. The average Bonchev–Trinajstić information content (AvgIpc) is 2.50. The Hall–Kier alpha value is -2.31. The minimum absolute atomic E-state index is 0.0963. The van der Waals surface area contributed by atoms with Gasteiger partial charge in [-0.05, 0) is 30.9 Å². The molecule has 7 heteroatoms. The van der Waals surface area contributed by atoms with E-state index in [1.165, 1.54) is 12.1 Å². The molecule has 0 bridgehead atoms. The molecule has 132 valence electrons. The van der Waals surface area contributed by atoms with Gasteiger partial charge in [-0.1, -0.05) is 37.3 Å². The van der Waals surface area contributed by atoms with Crippen molar-refractivity contribution in [2.45, 2.75) is 44.8 Å². The number of nitrogens with one attached hydrogen (secondary N) is 1. The van der Waals surface area contributed by atoms with Crippen molar-refractivity contribution in [1.29, 1.82) is 0 Å². The number of carboxylic acids is 1. The van der Waals surface area contributed by atoms with Crippen LogP contribution in [0.2, 0.25) is 0 Å². The number of alkyl halides is 3. The molecule has 0 radical (unpaired) electrons. The van der Waals surface area contributed by atoms with E-state index in [1.807, 2.05) is 0 Å². The molecule has 1 rings (SSSR count). The Kier molecular flexibility index (Phi) is 7.00. The van der Waals surface area contributed by atoms with E-state index in [0.717, 1.165) is 12.1 Å². The molecule has 1 aromatic carbocycles. The number of hydrogen-bond acceptors (Lipinski definition) is 2. The third-order valence-corrected chi connectivity index (χ3v) is 3.52. The summed E-state index contributed by atoms with van der Waals surface area (Å²) in [4.78, 5) is 23.0. The van der Waals surface area contributed by atoms with E-state index in [2.05, 4.69) is 5.32 Å². The van der Waals surface area contributed by atoms with Gasteiger partial charge in [0.05, 0.1) is 5.56 Å². The predicted octanol–water partition coefficient (Wildman–Crippen LogP) is 3.73. The molecule has 0 fully saturated rings. The molecule has 4 nitrogen and oxygen atoms in total. The van der Waals surface area contributed by atoms with Crippen molar-refractivity contribution < 1.29 is 27.9 Å². The van der Waals surface area contributed by atoms with Crippen LogP contribution in [0.1, 0.15) is 43.7 Å². The van der Waals surface area contributed by atoms with Crippen molar-refractivity contribution in [2.24, 2.45) is 0 Å². The molecule has 2 atom stereocenters. The first kappa shape index (κ1) is 19.7. The lowest BCUT2D eigenvalue weighted by molar-refractivity contribution is -0.141. The standard InChI is InChI=1S/C17H20F3NO3/c1-3-4-8-14(16(23)24)21-15(22)9-11(2)12-6-5-7-13(10-12)17(18,19)20/h3-7,10-11,14H,8-9H2,1-2H3,(H,21,22)(H,23,24)/b4-3+. The lowest BCUT2D eigenvalue weighted by Crippen LogP contribution is -2.40. The first-order chi connectivity index (χ1) is 11.1. The Morgan fingerprint density at radius 3 is 2.54 bits per heavy atom. The minimum Gasteiger partial charge on any atom is -0.480 e. The van der Waals surface area contributed by atoms with E-state index in [0.29, 0.717) is 5.56 Å². The molecule has 0 aliphatic carbocycles. The fraction of sp³-hybridized carbons (Fsp3) is 0.412. The molecular weight excluding hydrogens is 323 g/mol. The zero-order valence-corrected chi connectivity index (χ0v) is 13.4. The van der Waals surface area contributed by atoms with Crippen molar-refractivity contribution >= 4 is 11.9 Å². The van der Waals surface area contributed by atoms with Gasteiger partial charge >= 0.3 is 12.1 Å². The molecule has 1 aromatic rings. The molecule has 0 saturated heterocycles. The Morgan fingerprint density at radius 2 is 2.00 bits per heavy atom. The average molecular weight is 343 g/mol. The van der Waals surface area contributed by atoms with Gasteiger partial charge < -0.3 is 10.4 Å². The van der Waals surface area contributed by atoms with Crippen LogP contribution >= 0.6 is 0 Å². The Bertz CT molecular complexity index is 611. The number of allylic oxidation sites excluding steroid dienone is 1. The Labute approximate surface area is 138 Å². The molecule has 0 spiro atoms. The lowest BCUT2D eigenvalue weighted by atomic mass is 9.95. The highest BCUT2D eigenvalue weighted by Crippen LogP contribution is 2.31. The van der Waals surface area contributed by atoms with Gasteiger partial charge in [-0.25, -0.2) is 4.79 Å². The van der Waals surface area contributed by atoms with Crippen LogP contribution in [-0.4, -0.2) is 23.0 Å². The van der Waals surface area contributed by atoms with E-state index in [-0.39, 0.29) is 12.8 Å². The molecule has 1 amide bonds. The number of hydrogen-bond donors (Lipinski definition) is 2. The zero-order valence-electron chi connectivity index (χ0n) is 13.4. The smallest absolute Gasteiger partial charge is 0.416 e. The summed E-state index contributed by atoms with van der Waals surface area (Å²) in [5.74, 6) is -2.14. The highest BCUT2D eigenvalue weighted by molar-refractivity contribution is 5.84. The molecule has 2 unspecified atom stereocenters. The second-order valence-electron chi connectivity index (χ2n) is 5.49. The summed E-state index contributed by atoms with van der Waals surface area (Å²) in [6, 6.07) is 3.73. The zero-order chi connectivity index (χ0) is 18.3. The van der Waals surface area contributed by atoms with Crippen LogP contribution in [0.5, 0.6) is 0 Å². The number of aliphatic carboxylic acids is 1. The SMILES string of the molecule is C/C=C/CC(NC(=O)CC(C)c1cccc(C(F)(F)F)c1)C(=O)O. The minimum atomic E-state index is -4.45. The maximum absolute atomic E-state index is 12.7. The Morgan fingerprint density at radius 1 is 1.33 bits per heavy atom. The maximum atomic E-state index is 12.7. The first-order valence-electron chi connectivity index (χ1n) is 7.45. The van der Waals surface area contributed by atoms with E-state index in [4.69, 9.17) is 5.11 Å². The van der Waals surface area contributed by atoms with Gasteiger partial charge in [0, 0.05) is 6.42 Å². The number of carboxylic acid groups (broad SMARTS) is 1. The van der Waals surface area contributed by atoms with Crippen molar-refractivity contribution in [3.8, 4) is 0 Å². The summed E-state index contributed by atoms with van der Waals surface area (Å²) in [5, 5.41) is 11.4. The fourth-order valence-electron chi connectivity index (χ4n) is 2.16. The second kappa shape index (κ2) is 8.52. The van der Waals surface area contributed by atoms with Crippen LogP contribution in [0.4, 0.5) is 13.2 Å². The summed E-state index contributed by atoms with van der Waals surface area (Å²) < 4.78 is 38.2. The van der Waals surface area contributed by atoms with Crippen molar-refractivity contribution in [3.05, 3.63) is 47.5 Å². The van der Waals surface area contributed by atoms with Crippen molar-refractivity contribution in [3.63, 3.8) is 0 Å². The van der Waals surface area contributed by atoms with E-state index >= 15 is 0 Å². The first-order valence-corrected chi connectivity index (χ1v) is 7.45. The van der Waals surface area contributed by atoms with Gasteiger partial charge in [-0.15, -0.1) is 0 Å². The summed E-state index contributed by atoms with van der Waals surface area (Å²) in [6.45, 7) is 3.35. The van der Waals surface area contributed by atoms with Gasteiger partial charge in [0.15, 0.2) is 0 Å². The number of amides is 1. The van der Waals surface area contributed by atoms with E-state index in [9.17, 15) is 22.8 Å². The van der Waals surface area contributed by atoms with Crippen LogP contribution < -0.4 is 5.32 Å². The molecule has 0 aliphatic rings. The molecule has 0 aromatic heterocycles. The molecule has 0 saturated carbocycles. The van der Waals surface area contributed by atoms with Crippen molar-refractivity contribution in [1.82, 2.24) is 5.32 Å². The molecule has 2 N–H and O–H groups in total. The summed E-state index contributed by atoms with van der Waals surface area (Å²) in [7, 11) is 0. The normalized spacial score (nSPS) is 14.4. The van der Waals surface area contributed by atoms with Crippen LogP contribution in [0.25, 0.3) is 0 Å². The highest BCUT2D eigenvalue weighted by atomic mass is 19.4. The van der Waals surface area contributed by atoms with Gasteiger partial charge in [0.1, 0.15) is 6.04 Å². The van der Waals surface area contributed by atoms with E-state index in [1.54, 1.807) is 26.0 Å². The second-order valence-corrected chi connectivity index (χ2v) is 5.49. The molecular formula is C17H20F3NO3. The summed E-state index contributed by atoms with van der Waals surface area (Å²) >= 11 is 0. The number of benzene rings is 1. The largest absolute Gasteiger partial charge is 0.480 e. The predicted molar refractivity (Wildman–Crippen MR) is 83.5 cm³/mol. The van der Waals surface area contributed by atoms with E-state index < -0.39 is 35.6 Å². The number of carbonyl (C=O) groups excluding carboxylic acids is 1. The van der Waals surface area contributed by atoms with Gasteiger partial charge in [-0.3, -0.25) is 4.79 Å². The fourth-order valence-corrected chi connectivity index (χ4v) is 2.16. The summed E-state index contributed by atoms with van der Waals surface area (Å²) in [6.07, 6.45) is -1.10. The topological polar surface area (TPSA) is 66.4 Å². The quantitative estimate of drug-likeness (QED) is 0.741.